The second kappa shape index (κ2) is 6.31. The van der Waals surface area contributed by atoms with Crippen LogP contribution >= 0.6 is 0 Å². The maximum atomic E-state index is 11.2. The first-order valence-corrected chi connectivity index (χ1v) is 7.69. The summed E-state index contributed by atoms with van der Waals surface area (Å²) in [5.41, 5.74) is 5.01. The molecule has 18 heavy (non-hydrogen) atoms. The fourth-order valence-electron chi connectivity index (χ4n) is 1.74. The van der Waals surface area contributed by atoms with Crippen molar-refractivity contribution in [2.45, 2.75) is 27.3 Å². The molecule has 0 fully saturated rings. The zero-order valence-electron chi connectivity index (χ0n) is 11.5. The highest BCUT2D eigenvalue weighted by Crippen LogP contribution is 2.14. The molecule has 1 aromatic rings. The Labute approximate surface area is 110 Å². The molecular formula is C13H22N2O2S. The van der Waals surface area contributed by atoms with Gasteiger partial charge in [0.1, 0.15) is 0 Å². The zero-order chi connectivity index (χ0) is 13.8. The number of nitrogens with one attached hydrogen (secondary N) is 2. The smallest absolute Gasteiger partial charge is 0.212 e. The van der Waals surface area contributed by atoms with Crippen molar-refractivity contribution >= 4 is 10.0 Å². The van der Waals surface area contributed by atoms with Gasteiger partial charge in [0, 0.05) is 13.1 Å². The Bertz CT molecular complexity index is 510. The largest absolute Gasteiger partial charge is 0.312 e. The molecule has 0 aromatic heterocycles. The average molecular weight is 270 g/mol. The molecule has 0 heterocycles. The highest BCUT2D eigenvalue weighted by Gasteiger charge is 2.06. The first-order valence-electron chi connectivity index (χ1n) is 6.04. The van der Waals surface area contributed by atoms with E-state index in [4.69, 9.17) is 0 Å². The van der Waals surface area contributed by atoms with Crippen molar-refractivity contribution in [3.05, 3.63) is 34.4 Å². The summed E-state index contributed by atoms with van der Waals surface area (Å²) in [7, 11) is -1.68. The fourth-order valence-corrected chi connectivity index (χ4v) is 2.36. The van der Waals surface area contributed by atoms with Crippen LogP contribution in [0.4, 0.5) is 0 Å². The lowest BCUT2D eigenvalue weighted by atomic mass is 10.0. The lowest BCUT2D eigenvalue weighted by molar-refractivity contribution is 0.583. The van der Waals surface area contributed by atoms with E-state index >= 15 is 0 Å². The van der Waals surface area contributed by atoms with E-state index in [0.717, 1.165) is 0 Å². The number of aryl methyl sites for hydroxylation is 3. The number of hydrogen-bond donors (Lipinski definition) is 2. The minimum Gasteiger partial charge on any atom is -0.312 e. The van der Waals surface area contributed by atoms with Gasteiger partial charge in [0.05, 0.1) is 5.75 Å². The van der Waals surface area contributed by atoms with Crippen molar-refractivity contribution in [1.29, 1.82) is 0 Å². The summed E-state index contributed by atoms with van der Waals surface area (Å²) in [6, 6.07) is 4.32. The van der Waals surface area contributed by atoms with Crippen LogP contribution in [0.1, 0.15) is 22.3 Å². The van der Waals surface area contributed by atoms with Crippen molar-refractivity contribution in [2.75, 3.05) is 19.3 Å². The van der Waals surface area contributed by atoms with E-state index in [1.54, 1.807) is 0 Å². The molecule has 0 aliphatic carbocycles. The van der Waals surface area contributed by atoms with Crippen LogP contribution in [-0.2, 0) is 16.6 Å². The van der Waals surface area contributed by atoms with Crippen LogP contribution in [0, 0.1) is 20.8 Å². The summed E-state index contributed by atoms with van der Waals surface area (Å²) in [4.78, 5) is 0. The summed E-state index contributed by atoms with van der Waals surface area (Å²) in [5.74, 6) is 0.105. The topological polar surface area (TPSA) is 58.2 Å². The zero-order valence-corrected chi connectivity index (χ0v) is 12.3. The minimum absolute atomic E-state index is 0.105. The molecule has 0 bridgehead atoms. The highest BCUT2D eigenvalue weighted by molar-refractivity contribution is 7.89. The summed E-state index contributed by atoms with van der Waals surface area (Å²) in [5, 5.41) is 3.16. The predicted octanol–water partition coefficient (Wildman–Crippen LogP) is 1.25. The lowest BCUT2D eigenvalue weighted by Gasteiger charge is -2.11. The monoisotopic (exact) mass is 270 g/mol. The molecule has 0 unspecified atom stereocenters. The molecule has 1 rings (SSSR count). The van der Waals surface area contributed by atoms with Gasteiger partial charge in [-0.3, -0.25) is 0 Å². The number of hydrogen-bond acceptors (Lipinski definition) is 3. The molecule has 0 amide bonds. The number of rotatable bonds is 6. The molecule has 0 aliphatic heterocycles. The van der Waals surface area contributed by atoms with E-state index in [1.807, 2.05) is 0 Å². The van der Waals surface area contributed by atoms with Crippen LogP contribution in [0.5, 0.6) is 0 Å². The molecule has 102 valence electrons. The Hall–Kier alpha value is -0.910. The lowest BCUT2D eigenvalue weighted by Crippen LogP contribution is -2.29. The minimum atomic E-state index is -3.11. The predicted molar refractivity (Wildman–Crippen MR) is 75.2 cm³/mol. The van der Waals surface area contributed by atoms with E-state index in [1.165, 1.54) is 29.3 Å². The van der Waals surface area contributed by atoms with Gasteiger partial charge in [-0.1, -0.05) is 12.1 Å². The first kappa shape index (κ1) is 15.1. The van der Waals surface area contributed by atoms with Gasteiger partial charge < -0.3 is 5.32 Å². The van der Waals surface area contributed by atoms with Gasteiger partial charge in [0.15, 0.2) is 0 Å². The Morgan fingerprint density at radius 2 is 1.67 bits per heavy atom. The molecule has 0 aliphatic rings. The average Bonchev–Trinajstić information content (AvgIpc) is 2.31. The standard InChI is InChI=1S/C13H22N2O2S/c1-10-7-12(3)13(8-11(10)2)9-15-5-6-18(16,17)14-4/h7-8,14-15H,5-6,9H2,1-4H3. The quantitative estimate of drug-likeness (QED) is 0.765. The van der Waals surface area contributed by atoms with Crippen LogP contribution in [0.15, 0.2) is 12.1 Å². The van der Waals surface area contributed by atoms with Crippen LogP contribution in [0.2, 0.25) is 0 Å². The van der Waals surface area contributed by atoms with Crippen molar-refractivity contribution in [1.82, 2.24) is 10.0 Å². The van der Waals surface area contributed by atoms with Gasteiger partial charge in [0.25, 0.3) is 0 Å². The van der Waals surface area contributed by atoms with Gasteiger partial charge in [-0.15, -0.1) is 0 Å². The third-order valence-electron chi connectivity index (χ3n) is 3.13. The summed E-state index contributed by atoms with van der Waals surface area (Å²) >= 11 is 0. The molecule has 2 N–H and O–H groups in total. The number of benzene rings is 1. The molecule has 0 radical (unpaired) electrons. The van der Waals surface area contributed by atoms with E-state index in [0.29, 0.717) is 13.1 Å². The van der Waals surface area contributed by atoms with Crippen molar-refractivity contribution in [2.24, 2.45) is 0 Å². The van der Waals surface area contributed by atoms with Crippen molar-refractivity contribution in [3.63, 3.8) is 0 Å². The normalized spacial score (nSPS) is 11.8. The van der Waals surface area contributed by atoms with Gasteiger partial charge in [-0.05, 0) is 50.1 Å². The molecule has 0 saturated heterocycles. The molecule has 5 heteroatoms. The third-order valence-corrected chi connectivity index (χ3v) is 4.49. The van der Waals surface area contributed by atoms with Crippen LogP contribution in [-0.4, -0.2) is 27.8 Å². The highest BCUT2D eigenvalue weighted by atomic mass is 32.2. The fraction of sp³-hybridized carbons (Fsp3) is 0.538. The van der Waals surface area contributed by atoms with Crippen LogP contribution in [0.3, 0.4) is 0 Å². The van der Waals surface area contributed by atoms with Crippen LogP contribution in [0.25, 0.3) is 0 Å². The Morgan fingerprint density at radius 3 is 2.28 bits per heavy atom. The van der Waals surface area contributed by atoms with Gasteiger partial charge >= 0.3 is 0 Å². The molecule has 0 spiro atoms. The second-order valence-electron chi connectivity index (χ2n) is 4.56. The Kier molecular flexibility index (Phi) is 5.31. The SMILES string of the molecule is CNS(=O)(=O)CCNCc1cc(C)c(C)cc1C. The van der Waals surface area contributed by atoms with E-state index in [9.17, 15) is 8.42 Å². The first-order chi connectivity index (χ1) is 8.35. The third kappa shape index (κ3) is 4.40. The van der Waals surface area contributed by atoms with E-state index < -0.39 is 10.0 Å². The molecular weight excluding hydrogens is 248 g/mol. The second-order valence-corrected chi connectivity index (χ2v) is 6.61. The van der Waals surface area contributed by atoms with E-state index in [2.05, 4.69) is 42.9 Å². The number of sulfonamides is 1. The summed E-state index contributed by atoms with van der Waals surface area (Å²) in [6.45, 7) is 7.41. The summed E-state index contributed by atoms with van der Waals surface area (Å²) < 4.78 is 24.8. The van der Waals surface area contributed by atoms with Gasteiger partial charge in [-0.25, -0.2) is 13.1 Å². The molecule has 0 saturated carbocycles. The van der Waals surface area contributed by atoms with Crippen molar-refractivity contribution < 1.29 is 8.42 Å². The van der Waals surface area contributed by atoms with Gasteiger partial charge in [0.2, 0.25) is 10.0 Å². The summed E-state index contributed by atoms with van der Waals surface area (Å²) in [6.07, 6.45) is 0. The van der Waals surface area contributed by atoms with Gasteiger partial charge in [-0.2, -0.15) is 0 Å². The Morgan fingerprint density at radius 1 is 1.06 bits per heavy atom. The van der Waals surface area contributed by atoms with Crippen molar-refractivity contribution in [3.8, 4) is 0 Å². The molecule has 1 aromatic carbocycles. The molecule has 0 atom stereocenters. The maximum absolute atomic E-state index is 11.2. The maximum Gasteiger partial charge on any atom is 0.212 e. The van der Waals surface area contributed by atoms with Crippen LogP contribution < -0.4 is 10.0 Å². The Balaban J connectivity index is 2.52. The molecule has 4 nitrogen and oxygen atoms in total. The van der Waals surface area contributed by atoms with E-state index in [-0.39, 0.29) is 5.75 Å².